The summed E-state index contributed by atoms with van der Waals surface area (Å²) in [7, 11) is 0. The van der Waals surface area contributed by atoms with Crippen LogP contribution in [0.1, 0.15) is 20.1 Å². The highest BCUT2D eigenvalue weighted by atomic mass is 32.1. The average Bonchev–Trinajstić information content (AvgIpc) is 3.49. The molecule has 1 amide bonds. The number of rotatable bonds is 5. The number of carbonyl (C=O) groups is 1. The number of carbonyl (C=O) groups excluding carboxylic acids is 1. The number of benzene rings is 1. The summed E-state index contributed by atoms with van der Waals surface area (Å²) in [6, 6.07) is 15.2. The third-order valence-corrected chi connectivity index (χ3v) is 6.47. The van der Waals surface area contributed by atoms with E-state index in [4.69, 9.17) is 0 Å². The molecule has 0 bridgehead atoms. The number of amides is 1. The van der Waals surface area contributed by atoms with E-state index in [2.05, 4.69) is 10.1 Å². The summed E-state index contributed by atoms with van der Waals surface area (Å²) in [4.78, 5) is 32.8. The van der Waals surface area contributed by atoms with Gasteiger partial charge in [-0.25, -0.2) is 4.52 Å². The molecule has 0 saturated heterocycles. The van der Waals surface area contributed by atoms with Gasteiger partial charge in [-0.05, 0) is 35.0 Å². The Morgan fingerprint density at radius 1 is 1.00 bits per heavy atom. The number of aromatic nitrogens is 3. The molecule has 0 radical (unpaired) electrons. The average molecular weight is 421 g/mol. The Labute approximate surface area is 173 Å². The van der Waals surface area contributed by atoms with Gasteiger partial charge in [0.2, 0.25) is 0 Å². The minimum atomic E-state index is -0.231. The van der Waals surface area contributed by atoms with Crippen molar-refractivity contribution in [3.8, 4) is 0 Å². The van der Waals surface area contributed by atoms with Gasteiger partial charge in [0.1, 0.15) is 11.2 Å². The van der Waals surface area contributed by atoms with E-state index in [-0.39, 0.29) is 11.5 Å². The van der Waals surface area contributed by atoms with Crippen molar-refractivity contribution in [1.82, 2.24) is 19.5 Å². The summed E-state index contributed by atoms with van der Waals surface area (Å²) in [6.45, 7) is 1.01. The van der Waals surface area contributed by atoms with Crippen LogP contribution in [0.4, 0.5) is 0 Å². The van der Waals surface area contributed by atoms with Gasteiger partial charge in [-0.1, -0.05) is 24.3 Å². The number of hydrogen-bond donors (Lipinski definition) is 1. The van der Waals surface area contributed by atoms with Crippen molar-refractivity contribution in [2.24, 2.45) is 0 Å². The van der Waals surface area contributed by atoms with E-state index in [1.807, 2.05) is 53.2 Å². The first-order chi connectivity index (χ1) is 14.2. The molecule has 5 aromatic rings. The Morgan fingerprint density at radius 2 is 1.69 bits per heavy atom. The number of aromatic amines is 1. The maximum atomic E-state index is 13.5. The SMILES string of the molecule is O=C(c1cnn2c1[nH]c(=O)c1ccccc12)N(Cc1cccs1)Cc1cccs1. The van der Waals surface area contributed by atoms with Crippen molar-refractivity contribution in [3.05, 3.63) is 91.2 Å². The van der Waals surface area contributed by atoms with Gasteiger partial charge in [0.05, 0.1) is 30.2 Å². The largest absolute Gasteiger partial charge is 0.328 e. The molecule has 0 aliphatic heterocycles. The molecule has 0 spiro atoms. The van der Waals surface area contributed by atoms with Crippen LogP contribution in [-0.4, -0.2) is 25.4 Å². The molecule has 8 heteroatoms. The quantitative estimate of drug-likeness (QED) is 0.465. The third kappa shape index (κ3) is 3.26. The number of para-hydroxylation sites is 1. The van der Waals surface area contributed by atoms with Crippen molar-refractivity contribution in [2.75, 3.05) is 0 Å². The van der Waals surface area contributed by atoms with Crippen LogP contribution < -0.4 is 5.56 Å². The molecule has 0 aliphatic carbocycles. The Bertz CT molecular complexity index is 1310. The molecule has 1 N–H and O–H groups in total. The van der Waals surface area contributed by atoms with Gasteiger partial charge >= 0.3 is 0 Å². The second-order valence-corrected chi connectivity index (χ2v) is 8.67. The Balaban J connectivity index is 1.59. The van der Waals surface area contributed by atoms with Gasteiger partial charge in [-0.2, -0.15) is 5.10 Å². The summed E-state index contributed by atoms with van der Waals surface area (Å²) in [5.74, 6) is -0.160. The first kappa shape index (κ1) is 17.8. The molecule has 5 rings (SSSR count). The van der Waals surface area contributed by atoms with E-state index in [0.29, 0.717) is 35.2 Å². The zero-order valence-electron chi connectivity index (χ0n) is 15.2. The standard InChI is InChI=1S/C21H16N4O2S2/c26-20-16-7-1-2-8-18(16)25-19(23-20)17(11-22-25)21(27)24(12-14-5-3-9-28-14)13-15-6-4-10-29-15/h1-11H,12-13H2,(H,23,26). The molecule has 4 aromatic heterocycles. The van der Waals surface area contributed by atoms with Gasteiger partial charge in [0.15, 0.2) is 0 Å². The van der Waals surface area contributed by atoms with Crippen LogP contribution in [0.2, 0.25) is 0 Å². The van der Waals surface area contributed by atoms with Crippen molar-refractivity contribution >= 4 is 45.1 Å². The van der Waals surface area contributed by atoms with Crippen LogP contribution in [0.5, 0.6) is 0 Å². The zero-order chi connectivity index (χ0) is 19.8. The molecular weight excluding hydrogens is 404 g/mol. The normalized spacial score (nSPS) is 11.3. The Kier molecular flexibility index (Phi) is 4.49. The van der Waals surface area contributed by atoms with Gasteiger partial charge in [0.25, 0.3) is 11.5 Å². The maximum Gasteiger partial charge on any atom is 0.259 e. The van der Waals surface area contributed by atoms with Crippen LogP contribution in [-0.2, 0) is 13.1 Å². The number of thiophene rings is 2. The molecule has 1 aromatic carbocycles. The first-order valence-electron chi connectivity index (χ1n) is 9.03. The zero-order valence-corrected chi connectivity index (χ0v) is 16.9. The molecule has 0 atom stereocenters. The van der Waals surface area contributed by atoms with E-state index < -0.39 is 0 Å². The summed E-state index contributed by atoms with van der Waals surface area (Å²) >= 11 is 3.23. The topological polar surface area (TPSA) is 70.5 Å². The molecule has 0 fully saturated rings. The minimum Gasteiger partial charge on any atom is -0.328 e. The van der Waals surface area contributed by atoms with Gasteiger partial charge < -0.3 is 9.88 Å². The minimum absolute atomic E-state index is 0.160. The van der Waals surface area contributed by atoms with E-state index in [0.717, 1.165) is 9.75 Å². The van der Waals surface area contributed by atoms with Crippen molar-refractivity contribution in [2.45, 2.75) is 13.1 Å². The molecule has 4 heterocycles. The monoisotopic (exact) mass is 420 g/mol. The summed E-state index contributed by atoms with van der Waals surface area (Å²) < 4.78 is 1.62. The van der Waals surface area contributed by atoms with E-state index in [9.17, 15) is 9.59 Å². The van der Waals surface area contributed by atoms with Crippen LogP contribution in [0.25, 0.3) is 16.6 Å². The lowest BCUT2D eigenvalue weighted by Crippen LogP contribution is -2.29. The van der Waals surface area contributed by atoms with Crippen LogP contribution in [0, 0.1) is 0 Å². The maximum absolute atomic E-state index is 13.5. The smallest absolute Gasteiger partial charge is 0.259 e. The van der Waals surface area contributed by atoms with E-state index >= 15 is 0 Å². The number of nitrogens with one attached hydrogen (secondary N) is 1. The fourth-order valence-electron chi connectivity index (χ4n) is 3.38. The lowest BCUT2D eigenvalue weighted by Gasteiger charge is -2.21. The van der Waals surface area contributed by atoms with Crippen LogP contribution >= 0.6 is 22.7 Å². The highest BCUT2D eigenvalue weighted by Gasteiger charge is 2.23. The van der Waals surface area contributed by atoms with Gasteiger partial charge in [-0.15, -0.1) is 22.7 Å². The molecular formula is C21H16N4O2S2. The Hall–Kier alpha value is -3.23. The van der Waals surface area contributed by atoms with Crippen molar-refractivity contribution < 1.29 is 4.79 Å². The van der Waals surface area contributed by atoms with Crippen LogP contribution in [0.15, 0.2) is 70.3 Å². The lowest BCUT2D eigenvalue weighted by atomic mass is 10.2. The predicted octanol–water partition coefficient (Wildman–Crippen LogP) is 4.14. The van der Waals surface area contributed by atoms with Gasteiger partial charge in [0, 0.05) is 9.75 Å². The summed E-state index contributed by atoms with van der Waals surface area (Å²) in [6.07, 6.45) is 1.54. The van der Waals surface area contributed by atoms with Gasteiger partial charge in [-0.3, -0.25) is 9.59 Å². The lowest BCUT2D eigenvalue weighted by molar-refractivity contribution is 0.0735. The van der Waals surface area contributed by atoms with Crippen molar-refractivity contribution in [3.63, 3.8) is 0 Å². The predicted molar refractivity (Wildman–Crippen MR) is 116 cm³/mol. The molecule has 0 aliphatic rings. The highest BCUT2D eigenvalue weighted by Crippen LogP contribution is 2.21. The third-order valence-electron chi connectivity index (χ3n) is 4.75. The second-order valence-electron chi connectivity index (χ2n) is 6.61. The van der Waals surface area contributed by atoms with E-state index in [1.165, 1.54) is 6.20 Å². The fraction of sp³-hybridized carbons (Fsp3) is 0.0952. The molecule has 144 valence electrons. The summed E-state index contributed by atoms with van der Waals surface area (Å²) in [5, 5.41) is 8.93. The molecule has 0 saturated carbocycles. The van der Waals surface area contributed by atoms with Crippen molar-refractivity contribution in [1.29, 1.82) is 0 Å². The Morgan fingerprint density at radius 3 is 2.34 bits per heavy atom. The molecule has 29 heavy (non-hydrogen) atoms. The second kappa shape index (κ2) is 7.31. The summed E-state index contributed by atoms with van der Waals surface area (Å²) in [5.41, 5.74) is 1.25. The number of nitrogens with zero attached hydrogens (tertiary/aromatic N) is 3. The van der Waals surface area contributed by atoms with Crippen LogP contribution in [0.3, 0.4) is 0 Å². The first-order valence-corrected chi connectivity index (χ1v) is 10.8. The number of fused-ring (bicyclic) bond motifs is 3. The fourth-order valence-corrected chi connectivity index (χ4v) is 4.82. The number of H-pyrrole nitrogens is 1. The molecule has 6 nitrogen and oxygen atoms in total. The van der Waals surface area contributed by atoms with E-state index in [1.54, 1.807) is 38.2 Å². The number of hydrogen-bond acceptors (Lipinski definition) is 5. The highest BCUT2D eigenvalue weighted by molar-refractivity contribution is 7.10. The molecule has 0 unspecified atom stereocenters.